The number of benzene rings is 2. The molecule has 2 aromatic carbocycles. The Kier molecular flexibility index (Phi) is 8.45. The van der Waals surface area contributed by atoms with E-state index in [-0.39, 0.29) is 24.7 Å². The molecule has 29 heavy (non-hydrogen) atoms. The van der Waals surface area contributed by atoms with Crippen molar-refractivity contribution >= 4 is 17.6 Å². The molecule has 1 amide bonds. The van der Waals surface area contributed by atoms with Crippen LogP contribution in [0.4, 0.5) is 14.5 Å². The molecule has 0 bridgehead atoms. The molecule has 0 aliphatic heterocycles. The van der Waals surface area contributed by atoms with Crippen molar-refractivity contribution in [2.75, 3.05) is 18.4 Å². The lowest BCUT2D eigenvalue weighted by atomic mass is 10.2. The zero-order chi connectivity index (χ0) is 21.1. The lowest BCUT2D eigenvalue weighted by Crippen LogP contribution is -2.41. The summed E-state index contributed by atoms with van der Waals surface area (Å²) in [7, 11) is 0. The van der Waals surface area contributed by atoms with Crippen LogP contribution in [-0.2, 0) is 11.3 Å². The highest BCUT2D eigenvalue weighted by Gasteiger charge is 2.09. The second-order valence-corrected chi connectivity index (χ2v) is 5.81. The monoisotopic (exact) mass is 400 g/mol. The van der Waals surface area contributed by atoms with E-state index in [9.17, 15) is 13.6 Å². The number of hydrogen-bond donors (Lipinski definition) is 3. The van der Waals surface area contributed by atoms with E-state index >= 15 is 0 Å². The van der Waals surface area contributed by atoms with Gasteiger partial charge in [0.15, 0.2) is 5.96 Å². The Morgan fingerprint density at radius 2 is 2.00 bits per heavy atom. The van der Waals surface area contributed by atoms with Crippen molar-refractivity contribution in [2.24, 2.45) is 4.99 Å². The first-order chi connectivity index (χ1) is 14.0. The summed E-state index contributed by atoms with van der Waals surface area (Å²) in [5, 5.41) is 8.63. The van der Waals surface area contributed by atoms with Gasteiger partial charge >= 0.3 is 6.61 Å². The summed E-state index contributed by atoms with van der Waals surface area (Å²) >= 11 is 0. The fourth-order valence-corrected chi connectivity index (χ4v) is 2.41. The summed E-state index contributed by atoms with van der Waals surface area (Å²) in [5.41, 5.74) is 1.75. The van der Waals surface area contributed by atoms with Crippen LogP contribution in [-0.4, -0.2) is 31.6 Å². The first-order valence-corrected chi connectivity index (χ1v) is 8.93. The maximum absolute atomic E-state index is 12.5. The lowest BCUT2D eigenvalue weighted by Gasteiger charge is -2.13. The molecular formula is C21H22F2N4O2. The highest BCUT2D eigenvalue weighted by molar-refractivity contribution is 5.95. The molecule has 0 saturated heterocycles. The van der Waals surface area contributed by atoms with E-state index in [4.69, 9.17) is 6.42 Å². The molecule has 6 nitrogen and oxygen atoms in total. The molecule has 0 aliphatic rings. The molecule has 0 heterocycles. The van der Waals surface area contributed by atoms with Crippen molar-refractivity contribution in [1.29, 1.82) is 0 Å². The van der Waals surface area contributed by atoms with Gasteiger partial charge in [-0.3, -0.25) is 4.79 Å². The Morgan fingerprint density at radius 1 is 1.21 bits per heavy atom. The molecule has 2 rings (SSSR count). The van der Waals surface area contributed by atoms with Crippen LogP contribution in [0.3, 0.4) is 0 Å². The molecule has 0 spiro atoms. The minimum Gasteiger partial charge on any atom is -0.434 e. The maximum atomic E-state index is 12.5. The van der Waals surface area contributed by atoms with Gasteiger partial charge < -0.3 is 20.7 Å². The van der Waals surface area contributed by atoms with Gasteiger partial charge in [-0.1, -0.05) is 30.2 Å². The molecule has 2 aromatic rings. The Hall–Kier alpha value is -3.60. The van der Waals surface area contributed by atoms with Crippen molar-refractivity contribution in [3.8, 4) is 18.1 Å². The number of terminal acetylenes is 1. The largest absolute Gasteiger partial charge is 0.434 e. The van der Waals surface area contributed by atoms with Gasteiger partial charge in [0.05, 0.1) is 13.1 Å². The van der Waals surface area contributed by atoms with Gasteiger partial charge in [-0.15, -0.1) is 6.42 Å². The van der Waals surface area contributed by atoms with E-state index in [0.29, 0.717) is 29.3 Å². The number of nitrogens with zero attached hydrogens (tertiary/aromatic N) is 1. The number of halogens is 2. The minimum absolute atomic E-state index is 0.0404. The van der Waals surface area contributed by atoms with Crippen molar-refractivity contribution < 1.29 is 18.3 Å². The molecule has 8 heteroatoms. The van der Waals surface area contributed by atoms with E-state index in [1.54, 1.807) is 42.5 Å². The third-order valence-corrected chi connectivity index (χ3v) is 3.67. The zero-order valence-corrected chi connectivity index (χ0v) is 15.9. The van der Waals surface area contributed by atoms with Gasteiger partial charge in [0.1, 0.15) is 5.75 Å². The van der Waals surface area contributed by atoms with E-state index in [1.807, 2.05) is 6.92 Å². The van der Waals surface area contributed by atoms with Gasteiger partial charge in [-0.25, -0.2) is 4.99 Å². The minimum atomic E-state index is -2.91. The van der Waals surface area contributed by atoms with Crippen molar-refractivity contribution in [3.63, 3.8) is 0 Å². The van der Waals surface area contributed by atoms with Gasteiger partial charge in [-0.05, 0) is 31.2 Å². The topological polar surface area (TPSA) is 74.8 Å². The average molecular weight is 400 g/mol. The van der Waals surface area contributed by atoms with Gasteiger partial charge in [0.25, 0.3) is 0 Å². The number of ether oxygens (including phenoxy) is 1. The summed E-state index contributed by atoms with van der Waals surface area (Å²) in [6.07, 6.45) is 5.35. The molecule has 0 aliphatic carbocycles. The number of alkyl halides is 2. The van der Waals surface area contributed by atoms with Crippen LogP contribution in [0, 0.1) is 12.3 Å². The summed E-state index contributed by atoms with van der Waals surface area (Å²) in [6.45, 7) is -0.419. The van der Waals surface area contributed by atoms with Crippen LogP contribution >= 0.6 is 0 Å². The summed E-state index contributed by atoms with van der Waals surface area (Å²) < 4.78 is 29.5. The summed E-state index contributed by atoms with van der Waals surface area (Å²) in [5.74, 6) is 2.65. The Bertz CT molecular complexity index is 894. The van der Waals surface area contributed by atoms with E-state index in [1.165, 1.54) is 6.07 Å². The van der Waals surface area contributed by atoms with Crippen LogP contribution < -0.4 is 20.7 Å². The molecule has 0 atom stereocenters. The SMILES string of the molecule is C#Cc1cccc(NC(=O)CNC(=NCc2ccccc2OC(F)F)NCC)c1. The number of para-hydroxylation sites is 1. The molecule has 0 fully saturated rings. The number of amides is 1. The highest BCUT2D eigenvalue weighted by atomic mass is 19.3. The number of aliphatic imine (C=N–C) groups is 1. The molecule has 3 N–H and O–H groups in total. The Balaban J connectivity index is 1.97. The van der Waals surface area contributed by atoms with Crippen molar-refractivity contribution in [2.45, 2.75) is 20.1 Å². The molecular weight excluding hydrogens is 378 g/mol. The third kappa shape index (κ3) is 7.50. The van der Waals surface area contributed by atoms with Gasteiger partial charge in [0, 0.05) is 23.4 Å². The van der Waals surface area contributed by atoms with Crippen LogP contribution in [0.5, 0.6) is 5.75 Å². The Morgan fingerprint density at radius 3 is 2.72 bits per heavy atom. The number of rotatable bonds is 8. The first kappa shape index (κ1) is 21.7. The molecule has 0 aromatic heterocycles. The molecule has 0 radical (unpaired) electrons. The van der Waals surface area contributed by atoms with Gasteiger partial charge in [-0.2, -0.15) is 8.78 Å². The quantitative estimate of drug-likeness (QED) is 0.362. The fraction of sp³-hybridized carbons (Fsp3) is 0.238. The average Bonchev–Trinajstić information content (AvgIpc) is 2.70. The smallest absolute Gasteiger partial charge is 0.387 e. The maximum Gasteiger partial charge on any atom is 0.387 e. The van der Waals surface area contributed by atoms with Crippen LogP contribution in [0.2, 0.25) is 0 Å². The second kappa shape index (κ2) is 11.3. The molecule has 0 unspecified atom stereocenters. The second-order valence-electron chi connectivity index (χ2n) is 5.81. The standard InChI is InChI=1S/C21H22F2N4O2/c1-3-15-8-7-10-17(12-15)27-19(28)14-26-21(24-4-2)25-13-16-9-5-6-11-18(16)29-20(22)23/h1,5-12,20H,4,13-14H2,2H3,(H,27,28)(H2,24,25,26). The van der Waals surface area contributed by atoms with Gasteiger partial charge in [0.2, 0.25) is 5.91 Å². The highest BCUT2D eigenvalue weighted by Crippen LogP contribution is 2.20. The molecule has 0 saturated carbocycles. The van der Waals surface area contributed by atoms with E-state index in [0.717, 1.165) is 0 Å². The fourth-order valence-electron chi connectivity index (χ4n) is 2.41. The van der Waals surface area contributed by atoms with Crippen molar-refractivity contribution in [3.05, 3.63) is 59.7 Å². The number of anilines is 1. The number of guanidine groups is 1. The number of hydrogen-bond acceptors (Lipinski definition) is 3. The first-order valence-electron chi connectivity index (χ1n) is 8.93. The van der Waals surface area contributed by atoms with E-state index < -0.39 is 6.61 Å². The van der Waals surface area contributed by atoms with Crippen LogP contribution in [0.25, 0.3) is 0 Å². The van der Waals surface area contributed by atoms with Crippen LogP contribution in [0.15, 0.2) is 53.5 Å². The predicted octanol–water partition coefficient (Wildman–Crippen LogP) is 2.96. The normalized spacial score (nSPS) is 10.9. The third-order valence-electron chi connectivity index (χ3n) is 3.67. The Labute approximate surface area is 168 Å². The van der Waals surface area contributed by atoms with E-state index in [2.05, 4.69) is 31.6 Å². The lowest BCUT2D eigenvalue weighted by molar-refractivity contribution is -0.115. The van der Waals surface area contributed by atoms with Crippen LogP contribution in [0.1, 0.15) is 18.1 Å². The zero-order valence-electron chi connectivity index (χ0n) is 15.9. The summed E-state index contributed by atoms with van der Waals surface area (Å²) in [6, 6.07) is 13.4. The number of carbonyl (C=O) groups excluding carboxylic acids is 1. The molecule has 152 valence electrons. The number of carbonyl (C=O) groups is 1. The van der Waals surface area contributed by atoms with Crippen molar-refractivity contribution in [1.82, 2.24) is 10.6 Å². The predicted molar refractivity (Wildman–Crippen MR) is 109 cm³/mol. The summed E-state index contributed by atoms with van der Waals surface area (Å²) in [4.78, 5) is 16.5. The number of nitrogens with one attached hydrogen (secondary N) is 3.